The van der Waals surface area contributed by atoms with Gasteiger partial charge in [-0.1, -0.05) is 12.1 Å². The van der Waals surface area contributed by atoms with Crippen molar-refractivity contribution in [3.05, 3.63) is 24.5 Å². The summed E-state index contributed by atoms with van der Waals surface area (Å²) < 4.78 is 1.96. The molecule has 0 saturated heterocycles. The largest absolute Gasteiger partial charge is 1.00 e. The predicted octanol–water partition coefficient (Wildman–Crippen LogP) is -1.52. The van der Waals surface area contributed by atoms with Gasteiger partial charge in [0.25, 0.3) is 0 Å². The Morgan fingerprint density at radius 3 is 2.83 bits per heavy atom. The first-order chi connectivity index (χ1) is 5.29. The Hall–Kier alpha value is -0.0900. The Morgan fingerprint density at radius 2 is 2.17 bits per heavy atom. The van der Waals surface area contributed by atoms with Crippen molar-refractivity contribution in [2.45, 2.75) is 4.90 Å². The van der Waals surface area contributed by atoms with Crippen LogP contribution in [0.2, 0.25) is 0 Å². The van der Waals surface area contributed by atoms with Crippen LogP contribution in [-0.4, -0.2) is 9.55 Å². The SMILES string of the molecule is Cn1cnc2c([S-])cccc21.[Na+]. The molecule has 2 aromatic rings. The van der Waals surface area contributed by atoms with Gasteiger partial charge in [0.2, 0.25) is 0 Å². The van der Waals surface area contributed by atoms with Crippen LogP contribution in [0.3, 0.4) is 0 Å². The third kappa shape index (κ3) is 1.50. The van der Waals surface area contributed by atoms with E-state index in [-0.39, 0.29) is 29.6 Å². The molecule has 0 amide bonds. The van der Waals surface area contributed by atoms with Gasteiger partial charge in [0.05, 0.1) is 17.4 Å². The van der Waals surface area contributed by atoms with Gasteiger partial charge in [-0.15, -0.1) is 4.90 Å². The smallest absolute Gasteiger partial charge is 0.778 e. The minimum Gasteiger partial charge on any atom is -0.778 e. The van der Waals surface area contributed by atoms with Crippen molar-refractivity contribution in [3.63, 3.8) is 0 Å². The molecule has 1 aromatic heterocycles. The molecule has 0 aliphatic heterocycles. The zero-order valence-corrected chi connectivity index (χ0v) is 9.93. The second kappa shape index (κ2) is 3.75. The molecule has 0 unspecified atom stereocenters. The molecule has 4 heteroatoms. The number of aromatic nitrogens is 2. The van der Waals surface area contributed by atoms with E-state index in [4.69, 9.17) is 12.6 Å². The molecule has 0 radical (unpaired) electrons. The Bertz CT molecular complexity index is 397. The van der Waals surface area contributed by atoms with Crippen molar-refractivity contribution < 1.29 is 29.6 Å². The Balaban J connectivity index is 0.000000720. The molecule has 0 bridgehead atoms. The van der Waals surface area contributed by atoms with Crippen LogP contribution < -0.4 is 29.6 Å². The summed E-state index contributed by atoms with van der Waals surface area (Å²) in [7, 11) is 1.96. The first kappa shape index (κ1) is 9.99. The van der Waals surface area contributed by atoms with Gasteiger partial charge in [0.1, 0.15) is 0 Å². The summed E-state index contributed by atoms with van der Waals surface area (Å²) in [6.07, 6.45) is 1.78. The van der Waals surface area contributed by atoms with Crippen molar-refractivity contribution in [2.75, 3.05) is 0 Å². The zero-order chi connectivity index (χ0) is 7.84. The van der Waals surface area contributed by atoms with Crippen molar-refractivity contribution in [2.24, 2.45) is 7.05 Å². The average molecular weight is 186 g/mol. The third-order valence-corrected chi connectivity index (χ3v) is 2.05. The normalized spacial score (nSPS) is 9.75. The second-order valence-electron chi connectivity index (χ2n) is 2.48. The summed E-state index contributed by atoms with van der Waals surface area (Å²) in [4.78, 5) is 5.00. The van der Waals surface area contributed by atoms with E-state index in [2.05, 4.69) is 4.98 Å². The van der Waals surface area contributed by atoms with Gasteiger partial charge in [-0.25, -0.2) is 4.98 Å². The topological polar surface area (TPSA) is 17.8 Å². The van der Waals surface area contributed by atoms with Gasteiger partial charge < -0.3 is 17.2 Å². The summed E-state index contributed by atoms with van der Waals surface area (Å²) in [5.74, 6) is 0. The number of rotatable bonds is 0. The molecule has 2 rings (SSSR count). The molecule has 12 heavy (non-hydrogen) atoms. The number of aryl methyl sites for hydroxylation is 1. The van der Waals surface area contributed by atoms with Gasteiger partial charge in [-0.2, -0.15) is 0 Å². The number of benzene rings is 1. The Kier molecular flexibility index (Phi) is 3.12. The molecule has 1 heterocycles. The van der Waals surface area contributed by atoms with Crippen LogP contribution >= 0.6 is 0 Å². The predicted molar refractivity (Wildman–Crippen MR) is 46.3 cm³/mol. The van der Waals surface area contributed by atoms with E-state index >= 15 is 0 Å². The van der Waals surface area contributed by atoms with Crippen LogP contribution in [0.5, 0.6) is 0 Å². The van der Waals surface area contributed by atoms with Crippen LogP contribution in [0.25, 0.3) is 11.0 Å². The van der Waals surface area contributed by atoms with Crippen molar-refractivity contribution in [1.82, 2.24) is 9.55 Å². The number of imidazole rings is 1. The fourth-order valence-corrected chi connectivity index (χ4v) is 1.37. The molecular weight excluding hydrogens is 179 g/mol. The summed E-state index contributed by atoms with van der Waals surface area (Å²) in [5.41, 5.74) is 2.02. The standard InChI is InChI=1S/C8H8N2S.Na/c1-10-5-9-8-6(10)3-2-4-7(8)11;/h2-5,11H,1H3;/q;+1/p-1. The van der Waals surface area contributed by atoms with E-state index in [9.17, 15) is 0 Å². The minimum atomic E-state index is 0. The van der Waals surface area contributed by atoms with E-state index in [0.717, 1.165) is 15.9 Å². The number of fused-ring (bicyclic) bond motifs is 1. The summed E-state index contributed by atoms with van der Waals surface area (Å²) >= 11 is 5.09. The van der Waals surface area contributed by atoms with Crippen molar-refractivity contribution in [1.29, 1.82) is 0 Å². The number of nitrogens with zero attached hydrogens (tertiary/aromatic N) is 2. The molecule has 0 atom stereocenters. The van der Waals surface area contributed by atoms with Crippen LogP contribution in [0.1, 0.15) is 0 Å². The quantitative estimate of drug-likeness (QED) is 0.367. The van der Waals surface area contributed by atoms with Gasteiger partial charge in [0.15, 0.2) is 0 Å². The Morgan fingerprint density at radius 1 is 1.42 bits per heavy atom. The van der Waals surface area contributed by atoms with Crippen molar-refractivity contribution in [3.8, 4) is 0 Å². The van der Waals surface area contributed by atoms with Crippen LogP contribution in [0, 0.1) is 0 Å². The molecule has 1 aromatic carbocycles. The number of hydrogen-bond acceptors (Lipinski definition) is 2. The molecule has 0 spiro atoms. The van der Waals surface area contributed by atoms with E-state index in [1.165, 1.54) is 0 Å². The van der Waals surface area contributed by atoms with Gasteiger partial charge in [0, 0.05) is 7.05 Å². The van der Waals surface area contributed by atoms with E-state index < -0.39 is 0 Å². The molecule has 0 saturated carbocycles. The summed E-state index contributed by atoms with van der Waals surface area (Å²) in [5, 5.41) is 0. The minimum absolute atomic E-state index is 0. The first-order valence-corrected chi connectivity index (χ1v) is 3.77. The van der Waals surface area contributed by atoms with E-state index in [1.54, 1.807) is 6.33 Å². The summed E-state index contributed by atoms with van der Waals surface area (Å²) in [6, 6.07) is 5.86. The van der Waals surface area contributed by atoms with E-state index in [0.29, 0.717) is 0 Å². The molecular formula is C8H7N2NaS. The molecule has 0 fully saturated rings. The van der Waals surface area contributed by atoms with Crippen LogP contribution in [0.4, 0.5) is 0 Å². The molecule has 56 valence electrons. The summed E-state index contributed by atoms with van der Waals surface area (Å²) in [6.45, 7) is 0. The fraction of sp³-hybridized carbons (Fsp3) is 0.125. The molecule has 2 nitrogen and oxygen atoms in total. The maximum atomic E-state index is 5.09. The van der Waals surface area contributed by atoms with Crippen LogP contribution in [-0.2, 0) is 19.7 Å². The Labute approximate surface area is 98.7 Å². The maximum absolute atomic E-state index is 5.09. The fourth-order valence-electron chi connectivity index (χ4n) is 1.13. The first-order valence-electron chi connectivity index (χ1n) is 3.36. The molecule has 0 aliphatic carbocycles. The third-order valence-electron chi connectivity index (χ3n) is 1.72. The maximum Gasteiger partial charge on any atom is 1.00 e. The monoisotopic (exact) mass is 186 g/mol. The zero-order valence-electron chi connectivity index (χ0n) is 7.11. The second-order valence-corrected chi connectivity index (χ2v) is 2.92. The van der Waals surface area contributed by atoms with Gasteiger partial charge >= 0.3 is 29.6 Å². The van der Waals surface area contributed by atoms with Gasteiger partial charge in [-0.05, 0) is 6.07 Å². The van der Waals surface area contributed by atoms with E-state index in [1.807, 2.05) is 29.8 Å². The molecule has 0 aliphatic rings. The van der Waals surface area contributed by atoms with Crippen LogP contribution in [0.15, 0.2) is 29.4 Å². The van der Waals surface area contributed by atoms with Gasteiger partial charge in [-0.3, -0.25) is 0 Å². The molecule has 0 N–H and O–H groups in total. The number of hydrogen-bond donors (Lipinski definition) is 0. The number of para-hydroxylation sites is 1. The van der Waals surface area contributed by atoms with Crippen molar-refractivity contribution >= 4 is 23.7 Å². The average Bonchev–Trinajstić information content (AvgIpc) is 2.35.